The molecule has 3 aliphatic rings. The number of fused-ring (bicyclic) bond motifs is 1. The summed E-state index contributed by atoms with van der Waals surface area (Å²) >= 11 is 0. The normalized spacial score (nSPS) is 24.6. The van der Waals surface area contributed by atoms with Gasteiger partial charge in [-0.2, -0.15) is 0 Å². The van der Waals surface area contributed by atoms with Crippen LogP contribution in [0.2, 0.25) is 0 Å². The molecule has 2 amide bonds. The summed E-state index contributed by atoms with van der Waals surface area (Å²) in [5.41, 5.74) is 0.449. The fraction of sp³-hybridized carbons (Fsp3) is 0.630. The second-order valence-corrected chi connectivity index (χ2v) is 10.4. The topological polar surface area (TPSA) is 80.0 Å². The van der Waals surface area contributed by atoms with Crippen molar-refractivity contribution < 1.29 is 18.7 Å². The van der Waals surface area contributed by atoms with Crippen molar-refractivity contribution in [2.45, 2.75) is 70.0 Å². The van der Waals surface area contributed by atoms with Crippen LogP contribution in [-0.2, 0) is 16.1 Å². The van der Waals surface area contributed by atoms with E-state index in [0.29, 0.717) is 37.8 Å². The molecule has 35 heavy (non-hydrogen) atoms. The average Bonchev–Trinajstić information content (AvgIpc) is 3.51. The first-order valence-electron chi connectivity index (χ1n) is 13.2. The Bertz CT molecular complexity index is 1000. The third kappa shape index (κ3) is 5.05. The quantitative estimate of drug-likeness (QED) is 0.682. The van der Waals surface area contributed by atoms with Gasteiger partial charge in [-0.3, -0.25) is 14.5 Å². The van der Waals surface area contributed by atoms with Gasteiger partial charge in [-0.25, -0.2) is 0 Å². The van der Waals surface area contributed by atoms with E-state index in [0.717, 1.165) is 51.0 Å². The van der Waals surface area contributed by atoms with Crippen molar-refractivity contribution in [2.75, 3.05) is 39.4 Å². The Labute approximate surface area is 207 Å². The zero-order valence-electron chi connectivity index (χ0n) is 20.8. The summed E-state index contributed by atoms with van der Waals surface area (Å²) < 4.78 is 13.1. The summed E-state index contributed by atoms with van der Waals surface area (Å²) in [6.07, 6.45) is 9.69. The smallest absolute Gasteiger partial charge is 0.271 e. The van der Waals surface area contributed by atoms with Crippen LogP contribution in [0.3, 0.4) is 0 Å². The maximum atomic E-state index is 13.9. The minimum absolute atomic E-state index is 0.0526. The second kappa shape index (κ2) is 10.6. The maximum Gasteiger partial charge on any atom is 0.271 e. The number of nitrogens with zero attached hydrogens (tertiary/aromatic N) is 3. The molecule has 0 spiro atoms. The summed E-state index contributed by atoms with van der Waals surface area (Å²) in [7, 11) is 0. The average molecular weight is 483 g/mol. The molecule has 190 valence electrons. The largest absolute Gasteiger partial charge is 0.463 e. The van der Waals surface area contributed by atoms with Crippen molar-refractivity contribution in [2.24, 2.45) is 0 Å². The van der Waals surface area contributed by atoms with E-state index >= 15 is 0 Å². The standard InChI is InChI=1S/C27H38N4O4/c1-27(26(33)28-21-8-5-3-2-4-6-9-21)20-30-22(24-10-7-17-35-24)11-12-23(30)25(32)31(27)14-13-29-15-18-34-19-16-29/h7,10-12,17,21H,2-6,8-9,13-16,18-20H2,1H3,(H,28,33). The lowest BCUT2D eigenvalue weighted by Gasteiger charge is -2.45. The number of morpholine rings is 1. The van der Waals surface area contributed by atoms with Gasteiger partial charge in [0.1, 0.15) is 17.0 Å². The summed E-state index contributed by atoms with van der Waals surface area (Å²) in [5, 5.41) is 3.36. The number of amides is 2. The predicted octanol–water partition coefficient (Wildman–Crippen LogP) is 3.52. The molecule has 0 aromatic carbocycles. The van der Waals surface area contributed by atoms with Gasteiger partial charge >= 0.3 is 0 Å². The van der Waals surface area contributed by atoms with E-state index in [2.05, 4.69) is 10.2 Å². The van der Waals surface area contributed by atoms with Gasteiger partial charge in [0.25, 0.3) is 5.91 Å². The van der Waals surface area contributed by atoms with Crippen LogP contribution in [0.15, 0.2) is 34.9 Å². The van der Waals surface area contributed by atoms with Crippen LogP contribution in [0.1, 0.15) is 62.4 Å². The van der Waals surface area contributed by atoms with E-state index < -0.39 is 5.54 Å². The lowest BCUT2D eigenvalue weighted by molar-refractivity contribution is -0.134. The molecule has 1 saturated heterocycles. The van der Waals surface area contributed by atoms with Crippen molar-refractivity contribution in [1.82, 2.24) is 19.7 Å². The van der Waals surface area contributed by atoms with Crippen LogP contribution >= 0.6 is 0 Å². The molecule has 5 rings (SSSR count). The molecule has 0 radical (unpaired) electrons. The second-order valence-electron chi connectivity index (χ2n) is 10.4. The van der Waals surface area contributed by atoms with E-state index in [-0.39, 0.29) is 17.9 Å². The van der Waals surface area contributed by atoms with Crippen LogP contribution in [-0.4, -0.2) is 77.2 Å². The van der Waals surface area contributed by atoms with Gasteiger partial charge in [-0.1, -0.05) is 32.1 Å². The number of nitrogens with one attached hydrogen (secondary N) is 1. The summed E-state index contributed by atoms with van der Waals surface area (Å²) in [6.45, 7) is 6.70. The van der Waals surface area contributed by atoms with Crippen molar-refractivity contribution >= 4 is 11.8 Å². The third-order valence-corrected chi connectivity index (χ3v) is 7.95. The van der Waals surface area contributed by atoms with Crippen LogP contribution < -0.4 is 5.32 Å². The number of rotatable bonds is 6. The number of ether oxygens (including phenoxy) is 1. The number of furan rings is 1. The van der Waals surface area contributed by atoms with Crippen LogP contribution in [0.25, 0.3) is 11.5 Å². The Hall–Kier alpha value is -2.58. The van der Waals surface area contributed by atoms with Crippen LogP contribution in [0.4, 0.5) is 0 Å². The molecule has 1 aliphatic carbocycles. The lowest BCUT2D eigenvalue weighted by Crippen LogP contribution is -2.66. The molecule has 8 heteroatoms. The molecule has 8 nitrogen and oxygen atoms in total. The van der Waals surface area contributed by atoms with Crippen molar-refractivity contribution in [1.29, 1.82) is 0 Å². The molecule has 2 aliphatic heterocycles. The molecule has 2 aromatic heterocycles. The van der Waals surface area contributed by atoms with Crippen molar-refractivity contribution in [3.8, 4) is 11.5 Å². The molecule has 1 N–H and O–H groups in total. The summed E-state index contributed by atoms with van der Waals surface area (Å²) in [5.74, 6) is 0.550. The zero-order chi connectivity index (χ0) is 24.3. The highest BCUT2D eigenvalue weighted by molar-refractivity contribution is 6.00. The van der Waals surface area contributed by atoms with E-state index in [1.165, 1.54) is 19.3 Å². The number of carbonyl (C=O) groups is 2. The molecule has 4 heterocycles. The molecule has 1 atom stereocenters. The number of aromatic nitrogens is 1. The van der Waals surface area contributed by atoms with Crippen LogP contribution in [0.5, 0.6) is 0 Å². The summed E-state index contributed by atoms with van der Waals surface area (Å²) in [6, 6.07) is 7.68. The fourth-order valence-corrected chi connectivity index (χ4v) is 5.77. The Morgan fingerprint density at radius 1 is 1.03 bits per heavy atom. The first-order chi connectivity index (χ1) is 17.1. The van der Waals surface area contributed by atoms with Gasteiger partial charge in [0.05, 0.1) is 31.7 Å². The summed E-state index contributed by atoms with van der Waals surface area (Å²) in [4.78, 5) is 31.9. The van der Waals surface area contributed by atoms with Crippen LogP contribution in [0, 0.1) is 0 Å². The van der Waals surface area contributed by atoms with Gasteiger partial charge in [-0.05, 0) is 44.0 Å². The Morgan fingerprint density at radius 2 is 1.74 bits per heavy atom. The molecule has 1 unspecified atom stereocenters. The highest BCUT2D eigenvalue weighted by Crippen LogP contribution is 2.33. The predicted molar refractivity (Wildman–Crippen MR) is 133 cm³/mol. The highest BCUT2D eigenvalue weighted by atomic mass is 16.5. The molecular formula is C27H38N4O4. The van der Waals surface area contributed by atoms with Gasteiger partial charge in [0.15, 0.2) is 0 Å². The fourth-order valence-electron chi connectivity index (χ4n) is 5.77. The van der Waals surface area contributed by atoms with E-state index in [4.69, 9.17) is 9.15 Å². The zero-order valence-corrected chi connectivity index (χ0v) is 20.8. The molecule has 1 saturated carbocycles. The van der Waals surface area contributed by atoms with Gasteiger partial charge < -0.3 is 23.9 Å². The number of hydrogen-bond acceptors (Lipinski definition) is 5. The molecule has 0 bridgehead atoms. The minimum atomic E-state index is -0.987. The Kier molecular flexibility index (Phi) is 7.29. The SMILES string of the molecule is CC1(C(=O)NC2CCCCCCC2)Cn2c(ccc2-c2ccco2)C(=O)N1CCN1CCOCC1. The van der Waals surface area contributed by atoms with Crippen molar-refractivity contribution in [3.05, 3.63) is 36.2 Å². The third-order valence-electron chi connectivity index (χ3n) is 7.95. The molecule has 2 aromatic rings. The number of carbonyl (C=O) groups excluding carboxylic acids is 2. The van der Waals surface area contributed by atoms with E-state index in [1.54, 1.807) is 6.26 Å². The van der Waals surface area contributed by atoms with Gasteiger partial charge in [-0.15, -0.1) is 0 Å². The number of hydrogen-bond donors (Lipinski definition) is 1. The van der Waals surface area contributed by atoms with E-state index in [9.17, 15) is 9.59 Å². The van der Waals surface area contributed by atoms with Gasteiger partial charge in [0, 0.05) is 32.2 Å². The molecule has 2 fully saturated rings. The lowest BCUT2D eigenvalue weighted by atomic mass is 9.92. The van der Waals surface area contributed by atoms with E-state index in [1.807, 2.05) is 40.7 Å². The minimum Gasteiger partial charge on any atom is -0.463 e. The highest BCUT2D eigenvalue weighted by Gasteiger charge is 2.48. The Balaban J connectivity index is 1.42. The maximum absolute atomic E-state index is 13.9. The first kappa shape index (κ1) is 24.1. The first-order valence-corrected chi connectivity index (χ1v) is 13.2. The van der Waals surface area contributed by atoms with Gasteiger partial charge in [0.2, 0.25) is 5.91 Å². The molecular weight excluding hydrogens is 444 g/mol. The Morgan fingerprint density at radius 3 is 2.46 bits per heavy atom. The van der Waals surface area contributed by atoms with Crippen molar-refractivity contribution in [3.63, 3.8) is 0 Å². The monoisotopic (exact) mass is 482 g/mol.